The Labute approximate surface area is 230 Å². The molecule has 0 atom stereocenters. The lowest BCUT2D eigenvalue weighted by Crippen LogP contribution is -2.04. The molecule has 41 heavy (non-hydrogen) atoms. The predicted molar refractivity (Wildman–Crippen MR) is 143 cm³/mol. The standard InChI is InChI=1S/C29H12F4N6.CH3N/c30-22-8-15(9-23(31)37-22)13-1-3-18-17(5-13)7-21-26(18)39-29-27(35-12-34)20-6-14(2-4-19(20)28(29)36-21)16-10-24(32)38-25(33)11-16;1-2/h1-6,8-11H,7H2;2H,1H2. The zero-order valence-corrected chi connectivity index (χ0v) is 20.9. The molecular weight excluding hydrogens is 534 g/mol. The van der Waals surface area contributed by atoms with Crippen molar-refractivity contribution in [3.8, 4) is 51.0 Å². The Morgan fingerprint density at radius 3 is 1.78 bits per heavy atom. The monoisotopic (exact) mass is 549 g/mol. The number of aliphatic imine (C=N–C) groups is 1. The number of aromatic nitrogens is 4. The van der Waals surface area contributed by atoms with Gasteiger partial charge in [-0.15, -0.1) is 0 Å². The maximum Gasteiger partial charge on any atom is 0.216 e. The highest BCUT2D eigenvalue weighted by Gasteiger charge is 2.33. The first-order valence-electron chi connectivity index (χ1n) is 12.1. The maximum absolute atomic E-state index is 13.7. The highest BCUT2D eigenvalue weighted by Crippen LogP contribution is 2.43. The van der Waals surface area contributed by atoms with Gasteiger partial charge in [0.15, 0.2) is 0 Å². The Hall–Kier alpha value is -5.63. The topological polar surface area (TPSA) is 112 Å². The molecule has 2 aliphatic rings. The summed E-state index contributed by atoms with van der Waals surface area (Å²) in [6.07, 6.45) is 2.26. The van der Waals surface area contributed by atoms with Crippen LogP contribution in [0.3, 0.4) is 0 Å². The molecule has 2 aliphatic carbocycles. The van der Waals surface area contributed by atoms with Gasteiger partial charge in [-0.1, -0.05) is 30.3 Å². The summed E-state index contributed by atoms with van der Waals surface area (Å²) in [7, 11) is 0. The molecule has 0 unspecified atom stereocenters. The highest BCUT2D eigenvalue weighted by molar-refractivity contribution is 6.23. The van der Waals surface area contributed by atoms with Crippen molar-refractivity contribution >= 4 is 12.4 Å². The molecular formula is C30H15F4N7. The van der Waals surface area contributed by atoms with E-state index in [2.05, 4.69) is 21.7 Å². The fourth-order valence-corrected chi connectivity index (χ4v) is 5.17. The largest absolute Gasteiger partial charge is 0.317 e. The normalized spacial score (nSPS) is 13.0. The molecule has 5 aromatic rings. The van der Waals surface area contributed by atoms with Gasteiger partial charge >= 0.3 is 0 Å². The third kappa shape index (κ3) is 4.31. The van der Waals surface area contributed by atoms with Gasteiger partial charge in [0.25, 0.3) is 0 Å². The second-order valence-electron chi connectivity index (χ2n) is 9.09. The first-order valence-corrected chi connectivity index (χ1v) is 12.1. The molecule has 11 heteroatoms. The molecule has 3 heterocycles. The molecule has 7 nitrogen and oxygen atoms in total. The van der Waals surface area contributed by atoms with Crippen LogP contribution in [0.4, 0.5) is 17.6 Å². The van der Waals surface area contributed by atoms with E-state index in [9.17, 15) is 22.8 Å². The summed E-state index contributed by atoms with van der Waals surface area (Å²) in [6.45, 7) is 2.50. The van der Waals surface area contributed by atoms with Gasteiger partial charge in [0.1, 0.15) is 11.4 Å². The Balaban J connectivity index is 0.00000148. The van der Waals surface area contributed by atoms with Crippen LogP contribution in [0, 0.1) is 40.7 Å². The van der Waals surface area contributed by atoms with E-state index in [0.29, 0.717) is 62.7 Å². The van der Waals surface area contributed by atoms with Crippen molar-refractivity contribution in [3.63, 3.8) is 0 Å². The number of nitrogens with zero attached hydrogens (tertiary/aromatic N) is 6. The zero-order chi connectivity index (χ0) is 28.8. The summed E-state index contributed by atoms with van der Waals surface area (Å²) in [5.74, 6) is -3.70. The van der Waals surface area contributed by atoms with Crippen molar-refractivity contribution in [2.45, 2.75) is 6.42 Å². The number of hydrogen-bond acceptors (Lipinski definition) is 7. The van der Waals surface area contributed by atoms with Crippen molar-refractivity contribution in [2.75, 3.05) is 0 Å². The summed E-state index contributed by atoms with van der Waals surface area (Å²) >= 11 is 0. The molecule has 0 fully saturated rings. The average Bonchev–Trinajstić information content (AvgIpc) is 3.46. The highest BCUT2D eigenvalue weighted by atomic mass is 19.1. The summed E-state index contributed by atoms with van der Waals surface area (Å²) in [6, 6.07) is 15.2. The summed E-state index contributed by atoms with van der Waals surface area (Å²) in [5, 5.41) is 14.9. The number of fused-ring (bicyclic) bond motifs is 6. The summed E-state index contributed by atoms with van der Waals surface area (Å²) < 4.78 is 54.8. The minimum absolute atomic E-state index is 0.289. The van der Waals surface area contributed by atoms with E-state index < -0.39 is 23.8 Å². The van der Waals surface area contributed by atoms with Gasteiger partial charge < -0.3 is 5.41 Å². The van der Waals surface area contributed by atoms with Crippen LogP contribution in [0.1, 0.15) is 22.5 Å². The second kappa shape index (κ2) is 9.84. The van der Waals surface area contributed by atoms with Crippen LogP contribution in [0.25, 0.3) is 44.8 Å². The Kier molecular flexibility index (Phi) is 6.15. The van der Waals surface area contributed by atoms with Gasteiger partial charge in [-0.2, -0.15) is 37.8 Å². The van der Waals surface area contributed by atoms with Gasteiger partial charge in [-0.3, -0.25) is 0 Å². The van der Waals surface area contributed by atoms with Crippen molar-refractivity contribution in [3.05, 3.63) is 107 Å². The van der Waals surface area contributed by atoms with E-state index >= 15 is 0 Å². The molecule has 7 rings (SSSR count). The minimum Gasteiger partial charge on any atom is -0.317 e. The fraction of sp³-hybridized carbons (Fsp3) is 0.0333. The van der Waals surface area contributed by atoms with Crippen LogP contribution >= 0.6 is 0 Å². The van der Waals surface area contributed by atoms with Crippen molar-refractivity contribution in [1.29, 1.82) is 10.7 Å². The Morgan fingerprint density at radius 2 is 1.20 bits per heavy atom. The van der Waals surface area contributed by atoms with E-state index in [1.54, 1.807) is 24.3 Å². The molecule has 1 N–H and O–H groups in total. The molecule has 0 bridgehead atoms. The number of nitrogens with one attached hydrogen (secondary N) is 1. The van der Waals surface area contributed by atoms with Crippen LogP contribution in [-0.2, 0) is 6.42 Å². The molecule has 3 aromatic heterocycles. The van der Waals surface area contributed by atoms with Gasteiger partial charge in [0.05, 0.1) is 17.1 Å². The van der Waals surface area contributed by atoms with E-state index in [-0.39, 0.29) is 5.56 Å². The van der Waals surface area contributed by atoms with E-state index in [4.69, 9.17) is 15.4 Å². The second-order valence-corrected chi connectivity index (χ2v) is 9.09. The Morgan fingerprint density at radius 1 is 0.634 bits per heavy atom. The van der Waals surface area contributed by atoms with Crippen LogP contribution < -0.4 is 0 Å². The molecule has 198 valence electrons. The molecule has 0 radical (unpaired) electrons. The van der Waals surface area contributed by atoms with E-state index in [1.807, 2.05) is 18.3 Å². The van der Waals surface area contributed by atoms with Gasteiger partial charge in [0, 0.05) is 47.4 Å². The van der Waals surface area contributed by atoms with E-state index in [1.165, 1.54) is 12.1 Å². The molecule has 0 amide bonds. The molecule has 0 saturated carbocycles. The molecule has 0 saturated heterocycles. The predicted octanol–water partition coefficient (Wildman–Crippen LogP) is 6.29. The van der Waals surface area contributed by atoms with Gasteiger partial charge in [-0.25, -0.2) is 9.97 Å². The molecule has 2 aromatic carbocycles. The summed E-state index contributed by atoms with van der Waals surface area (Å²) in [5.41, 5.74) is 7.37. The van der Waals surface area contributed by atoms with E-state index in [0.717, 1.165) is 23.3 Å². The maximum atomic E-state index is 13.7. The Bertz CT molecular complexity index is 1940. The third-order valence-electron chi connectivity index (χ3n) is 6.79. The van der Waals surface area contributed by atoms with Crippen LogP contribution in [0.5, 0.6) is 0 Å². The van der Waals surface area contributed by atoms with Crippen LogP contribution in [0.15, 0.2) is 65.7 Å². The SMILES string of the molecule is C=N.N#CN=C1c2cc(-c3cc(F)nc(F)c3)ccc2-c2nc3c(nc21)-c1ccc(-c2cc(F)nc(F)c2)cc1C3. The molecule has 0 spiro atoms. The lowest BCUT2D eigenvalue weighted by atomic mass is 10.00. The van der Waals surface area contributed by atoms with Crippen LogP contribution in [0.2, 0.25) is 0 Å². The first-order chi connectivity index (χ1) is 19.9. The zero-order valence-electron chi connectivity index (χ0n) is 20.9. The quantitative estimate of drug-likeness (QED) is 0.118. The third-order valence-corrected chi connectivity index (χ3v) is 6.79. The lowest BCUT2D eigenvalue weighted by Gasteiger charge is -2.06. The number of nitriles is 1. The first kappa shape index (κ1) is 25.6. The molecule has 0 aliphatic heterocycles. The van der Waals surface area contributed by atoms with Crippen LogP contribution in [-0.4, -0.2) is 32.4 Å². The van der Waals surface area contributed by atoms with Crippen molar-refractivity contribution < 1.29 is 17.6 Å². The number of halogens is 4. The van der Waals surface area contributed by atoms with Gasteiger partial charge in [-0.05, 0) is 40.6 Å². The minimum atomic E-state index is -0.944. The fourth-order valence-electron chi connectivity index (χ4n) is 5.17. The van der Waals surface area contributed by atoms with Crippen molar-refractivity contribution in [1.82, 2.24) is 19.9 Å². The van der Waals surface area contributed by atoms with Gasteiger partial charge in [0.2, 0.25) is 30.0 Å². The lowest BCUT2D eigenvalue weighted by molar-refractivity contribution is 0.512. The smallest absolute Gasteiger partial charge is 0.216 e. The number of pyridine rings is 2. The number of hydrogen-bond donors (Lipinski definition) is 1. The summed E-state index contributed by atoms with van der Waals surface area (Å²) in [4.78, 5) is 20.0. The average molecular weight is 549 g/mol. The number of benzene rings is 2. The van der Waals surface area contributed by atoms with Crippen molar-refractivity contribution in [2.24, 2.45) is 4.99 Å². The number of rotatable bonds is 2.